The smallest absolute Gasteiger partial charge is 0.488 e. The highest BCUT2D eigenvalue weighted by molar-refractivity contribution is 14.1. The summed E-state index contributed by atoms with van der Waals surface area (Å²) in [4.78, 5) is 0.142. The lowest BCUT2D eigenvalue weighted by Crippen LogP contribution is -2.33. The van der Waals surface area contributed by atoms with Gasteiger partial charge in [-0.15, -0.1) is 0 Å². The Kier molecular flexibility index (Phi) is 7.92. The van der Waals surface area contributed by atoms with E-state index in [2.05, 4.69) is 22.6 Å². The molecule has 3 aromatic rings. The van der Waals surface area contributed by atoms with Gasteiger partial charge in [0.05, 0.1) is 14.2 Å². The van der Waals surface area contributed by atoms with Crippen LogP contribution in [0.4, 0.5) is 0 Å². The lowest BCUT2D eigenvalue weighted by Gasteiger charge is -2.14. The van der Waals surface area contributed by atoms with Gasteiger partial charge in [0, 0.05) is 17.4 Å². The number of rotatable bonds is 9. The van der Waals surface area contributed by atoms with Gasteiger partial charge in [-0.05, 0) is 58.6 Å². The number of hydrogen-bond acceptors (Lipinski definition) is 6. The second-order valence-electron chi connectivity index (χ2n) is 7.47. The zero-order chi connectivity index (χ0) is 22.6. The minimum Gasteiger partial charge on any atom is -0.618 e. The lowest BCUT2D eigenvalue weighted by atomic mass is 9.81. The van der Waals surface area contributed by atoms with Gasteiger partial charge >= 0.3 is 7.12 Å². The van der Waals surface area contributed by atoms with Gasteiger partial charge in [-0.25, -0.2) is 8.42 Å². The van der Waals surface area contributed by atoms with E-state index >= 15 is 0 Å². The van der Waals surface area contributed by atoms with E-state index in [4.69, 9.17) is 14.8 Å². The number of aromatic nitrogens is 1. The van der Waals surface area contributed by atoms with Crippen LogP contribution in [-0.2, 0) is 21.2 Å². The van der Waals surface area contributed by atoms with Crippen molar-refractivity contribution in [2.45, 2.75) is 24.8 Å². The molecule has 0 radical (unpaired) electrons. The van der Waals surface area contributed by atoms with Crippen LogP contribution in [0.2, 0.25) is 0 Å². The molecule has 10 heteroatoms. The summed E-state index contributed by atoms with van der Waals surface area (Å²) in [5.74, 6) is -0.0697. The van der Waals surface area contributed by atoms with Crippen LogP contribution in [0, 0.1) is 14.7 Å². The number of ether oxygens (including phenoxy) is 1. The number of sulfone groups is 1. The van der Waals surface area contributed by atoms with Gasteiger partial charge in [0.15, 0.2) is 16.0 Å². The average molecular weight is 555 g/mol. The van der Waals surface area contributed by atoms with Crippen LogP contribution in [0.5, 0.6) is 0 Å². The first-order valence-electron chi connectivity index (χ1n) is 9.75. The molecule has 0 aliphatic heterocycles. The quantitative estimate of drug-likeness (QED) is 0.180. The summed E-state index contributed by atoms with van der Waals surface area (Å²) >= 11 is 2.15. The summed E-state index contributed by atoms with van der Waals surface area (Å²) in [5, 5.41) is 32.4. The molecule has 1 atom stereocenters. The molecule has 0 unspecified atom stereocenters. The summed E-state index contributed by atoms with van der Waals surface area (Å²) in [6, 6.07) is 13.2. The van der Waals surface area contributed by atoms with Crippen LogP contribution in [0.15, 0.2) is 59.6 Å². The Bertz CT molecular complexity index is 1150. The Morgan fingerprint density at radius 2 is 1.84 bits per heavy atom. The van der Waals surface area contributed by atoms with Gasteiger partial charge in [0.1, 0.15) is 6.61 Å². The van der Waals surface area contributed by atoms with Crippen LogP contribution in [0.3, 0.4) is 0 Å². The zero-order valence-electron chi connectivity index (χ0n) is 16.9. The van der Waals surface area contributed by atoms with Gasteiger partial charge in [-0.2, -0.15) is 4.73 Å². The highest BCUT2D eigenvalue weighted by atomic mass is 127. The molecule has 2 aromatic carbocycles. The van der Waals surface area contributed by atoms with Gasteiger partial charge in [-0.3, -0.25) is 0 Å². The van der Waals surface area contributed by atoms with Crippen molar-refractivity contribution in [1.82, 2.24) is 0 Å². The fourth-order valence-corrected chi connectivity index (χ4v) is 5.54. The third-order valence-electron chi connectivity index (χ3n) is 5.03. The highest BCUT2D eigenvalue weighted by Gasteiger charge is 2.19. The molecule has 0 amide bonds. The molecule has 1 aromatic heterocycles. The van der Waals surface area contributed by atoms with Crippen LogP contribution < -0.4 is 10.2 Å². The van der Waals surface area contributed by atoms with Crippen molar-refractivity contribution in [3.63, 3.8) is 0 Å². The second-order valence-corrected chi connectivity index (χ2v) is 10.7. The maximum absolute atomic E-state index is 12.5. The molecule has 2 N–H and O–H groups in total. The molecule has 0 aliphatic rings. The molecular weight excluding hydrogens is 532 g/mol. The second kappa shape index (κ2) is 10.3. The molecule has 0 saturated carbocycles. The average Bonchev–Trinajstić information content (AvgIpc) is 2.74. The number of pyridine rings is 1. The summed E-state index contributed by atoms with van der Waals surface area (Å²) in [7, 11) is -5.12. The molecule has 0 spiro atoms. The van der Waals surface area contributed by atoms with Crippen molar-refractivity contribution in [3.05, 3.63) is 69.2 Å². The van der Waals surface area contributed by atoms with E-state index in [9.17, 15) is 13.6 Å². The third kappa shape index (κ3) is 5.95. The van der Waals surface area contributed by atoms with Crippen molar-refractivity contribution in [3.8, 4) is 0 Å². The van der Waals surface area contributed by atoms with Gasteiger partial charge in [0.25, 0.3) is 0 Å². The first-order chi connectivity index (χ1) is 14.7. The zero-order valence-corrected chi connectivity index (χ0v) is 19.9. The van der Waals surface area contributed by atoms with Crippen molar-refractivity contribution in [2.75, 3.05) is 12.4 Å². The first-order valence-corrected chi connectivity index (χ1v) is 12.5. The van der Waals surface area contributed by atoms with E-state index in [1.807, 2.05) is 31.2 Å². The maximum Gasteiger partial charge on any atom is 0.488 e. The number of hydrogen-bond donors (Lipinski definition) is 2. The number of benzene rings is 2. The van der Waals surface area contributed by atoms with E-state index in [1.165, 1.54) is 30.5 Å². The molecule has 0 fully saturated rings. The van der Waals surface area contributed by atoms with E-state index in [-0.39, 0.29) is 28.6 Å². The fraction of sp³-hybridized carbons (Fsp3) is 0.286. The van der Waals surface area contributed by atoms with Gasteiger partial charge in [-0.1, -0.05) is 37.3 Å². The van der Waals surface area contributed by atoms with Crippen molar-refractivity contribution >= 4 is 55.8 Å². The van der Waals surface area contributed by atoms with Crippen LogP contribution in [0.1, 0.15) is 19.0 Å². The minimum atomic E-state index is -3.49. The monoisotopic (exact) mass is 555 g/mol. The Morgan fingerprint density at radius 3 is 2.52 bits per heavy atom. The predicted molar refractivity (Wildman–Crippen MR) is 127 cm³/mol. The molecule has 3 rings (SSSR count). The van der Waals surface area contributed by atoms with Crippen molar-refractivity contribution < 1.29 is 27.9 Å². The summed E-state index contributed by atoms with van der Waals surface area (Å²) in [6.45, 7) is 2.38. The molecular formula is C21H23BINO6S. The van der Waals surface area contributed by atoms with Gasteiger partial charge < -0.3 is 20.0 Å². The van der Waals surface area contributed by atoms with Crippen LogP contribution >= 0.6 is 22.6 Å². The fourth-order valence-electron chi connectivity index (χ4n) is 3.15. The Balaban J connectivity index is 1.55. The van der Waals surface area contributed by atoms with Crippen molar-refractivity contribution in [2.24, 2.45) is 5.92 Å². The Labute approximate surface area is 195 Å². The van der Waals surface area contributed by atoms with Gasteiger partial charge in [0.2, 0.25) is 5.69 Å². The Morgan fingerprint density at radius 1 is 1.16 bits per heavy atom. The molecule has 164 valence electrons. The topological polar surface area (TPSA) is 111 Å². The first kappa shape index (κ1) is 23.9. The van der Waals surface area contributed by atoms with Crippen LogP contribution in [-0.4, -0.2) is 37.9 Å². The predicted octanol–water partition coefficient (Wildman–Crippen LogP) is 1.77. The van der Waals surface area contributed by atoms with E-state index < -0.39 is 17.0 Å². The largest absolute Gasteiger partial charge is 0.618 e. The molecule has 31 heavy (non-hydrogen) atoms. The summed E-state index contributed by atoms with van der Waals surface area (Å²) in [5.41, 5.74) is 0.768. The maximum atomic E-state index is 12.5. The Hall–Kier alpha value is -1.73. The minimum absolute atomic E-state index is 0.0217. The van der Waals surface area contributed by atoms with E-state index in [0.29, 0.717) is 18.7 Å². The number of fused-ring (bicyclic) bond motifs is 1. The summed E-state index contributed by atoms with van der Waals surface area (Å²) < 4.78 is 32.4. The number of nitrogens with zero attached hydrogens (tertiary/aromatic N) is 1. The SMILES string of the molecule is C[C@H](CCS(=O)(=O)c1ccc(B(O)O)cc1)COCc1c(I)c2ccccc2c[n+]1[O-]. The standard InChI is InChI=1S/C21H23BINO6S/c1-15(10-11-31(28,29)18-8-6-17(7-9-18)22(25)26)13-30-14-20-21(23)19-5-3-2-4-16(19)12-24(20)27/h2-9,12,15,25-26H,10-11,13-14H2,1H3/t15-/m1/s1. The molecule has 7 nitrogen and oxygen atoms in total. The van der Waals surface area contributed by atoms with Crippen molar-refractivity contribution in [1.29, 1.82) is 0 Å². The molecule has 0 saturated heterocycles. The van der Waals surface area contributed by atoms with E-state index in [1.54, 1.807) is 0 Å². The lowest BCUT2D eigenvalue weighted by molar-refractivity contribution is -0.615. The third-order valence-corrected chi connectivity index (χ3v) is 8.00. The molecule has 0 bridgehead atoms. The molecule has 0 aliphatic carbocycles. The summed E-state index contributed by atoms with van der Waals surface area (Å²) in [6.07, 6.45) is 1.94. The normalized spacial score (nSPS) is 12.8. The number of halogens is 1. The molecule has 1 heterocycles. The van der Waals surface area contributed by atoms with Crippen LogP contribution in [0.25, 0.3) is 10.8 Å². The van der Waals surface area contributed by atoms with E-state index in [0.717, 1.165) is 19.1 Å². The highest BCUT2D eigenvalue weighted by Crippen LogP contribution is 2.22.